The number of rotatable bonds is 4. The summed E-state index contributed by atoms with van der Waals surface area (Å²) in [6.07, 6.45) is 0. The van der Waals surface area contributed by atoms with Gasteiger partial charge in [-0.25, -0.2) is 4.79 Å². The van der Waals surface area contributed by atoms with Crippen LogP contribution in [0.2, 0.25) is 0 Å². The zero-order valence-electron chi connectivity index (χ0n) is 11.0. The van der Waals surface area contributed by atoms with Crippen LogP contribution in [0.5, 0.6) is 5.75 Å². The maximum atomic E-state index is 12.4. The predicted octanol–water partition coefficient (Wildman–Crippen LogP) is 0.547. The zero-order valence-corrected chi connectivity index (χ0v) is 11.0. The minimum Gasteiger partial charge on any atom is -0.496 e. The Hall–Kier alpha value is -2.57. The highest BCUT2D eigenvalue weighted by Gasteiger charge is 2.50. The predicted molar refractivity (Wildman–Crippen MR) is 68.2 cm³/mol. The Morgan fingerprint density at radius 2 is 2.05 bits per heavy atom. The second kappa shape index (κ2) is 4.84. The normalized spacial score (nSPS) is 21.8. The second-order valence-corrected chi connectivity index (χ2v) is 4.54. The molecule has 2 rings (SSSR count). The molecule has 0 bridgehead atoms. The number of nitrogens with one attached hydrogen (secondary N) is 1. The summed E-state index contributed by atoms with van der Waals surface area (Å²) >= 11 is 0. The van der Waals surface area contributed by atoms with Crippen molar-refractivity contribution in [3.8, 4) is 5.75 Å². The monoisotopic (exact) mass is 278 g/mol. The summed E-state index contributed by atoms with van der Waals surface area (Å²) in [5.74, 6) is -1.42. The smallest absolute Gasteiger partial charge is 0.325 e. The Labute approximate surface area is 115 Å². The highest BCUT2D eigenvalue weighted by atomic mass is 16.5. The van der Waals surface area contributed by atoms with Crippen LogP contribution in [-0.2, 0) is 15.1 Å². The van der Waals surface area contributed by atoms with Gasteiger partial charge in [0, 0.05) is 5.56 Å². The van der Waals surface area contributed by atoms with Crippen LogP contribution in [-0.4, -0.2) is 41.6 Å². The van der Waals surface area contributed by atoms with Crippen LogP contribution in [0.15, 0.2) is 24.3 Å². The minimum absolute atomic E-state index is 0.445. The first-order valence-corrected chi connectivity index (χ1v) is 5.89. The third-order valence-electron chi connectivity index (χ3n) is 3.21. The van der Waals surface area contributed by atoms with Crippen molar-refractivity contribution in [3.63, 3.8) is 0 Å². The average Bonchev–Trinajstić information content (AvgIpc) is 2.63. The van der Waals surface area contributed by atoms with Gasteiger partial charge in [0.2, 0.25) is 0 Å². The number of aliphatic carboxylic acids is 1. The van der Waals surface area contributed by atoms with Crippen molar-refractivity contribution in [2.24, 2.45) is 0 Å². The van der Waals surface area contributed by atoms with Crippen LogP contribution < -0.4 is 10.1 Å². The van der Waals surface area contributed by atoms with Crippen molar-refractivity contribution >= 4 is 17.9 Å². The maximum Gasteiger partial charge on any atom is 0.325 e. The van der Waals surface area contributed by atoms with E-state index in [-0.39, 0.29) is 0 Å². The average molecular weight is 278 g/mol. The third-order valence-corrected chi connectivity index (χ3v) is 3.21. The molecule has 1 heterocycles. The van der Waals surface area contributed by atoms with E-state index in [1.54, 1.807) is 24.3 Å². The lowest BCUT2D eigenvalue weighted by Crippen LogP contribution is -2.41. The number of nitrogens with zero attached hydrogens (tertiary/aromatic N) is 1. The van der Waals surface area contributed by atoms with Gasteiger partial charge in [-0.05, 0) is 13.0 Å². The van der Waals surface area contributed by atoms with Crippen LogP contribution in [0.4, 0.5) is 4.79 Å². The molecule has 0 aromatic heterocycles. The lowest BCUT2D eigenvalue weighted by atomic mass is 9.91. The molecule has 0 unspecified atom stereocenters. The van der Waals surface area contributed by atoms with E-state index in [0.717, 1.165) is 0 Å². The number of methoxy groups -OCH3 is 1. The Morgan fingerprint density at radius 1 is 1.40 bits per heavy atom. The first-order valence-electron chi connectivity index (χ1n) is 5.89. The number of hydrogen-bond donors (Lipinski definition) is 2. The van der Waals surface area contributed by atoms with Crippen molar-refractivity contribution in [1.29, 1.82) is 0 Å². The van der Waals surface area contributed by atoms with Gasteiger partial charge in [0.05, 0.1) is 7.11 Å². The fourth-order valence-electron chi connectivity index (χ4n) is 2.22. The molecule has 3 amide bonds. The SMILES string of the molecule is COc1ccccc1[C@@]1(C)NC(=O)N(CC(=O)O)C1=O. The highest BCUT2D eigenvalue weighted by molar-refractivity contribution is 6.09. The van der Waals surface area contributed by atoms with Crippen molar-refractivity contribution in [2.75, 3.05) is 13.7 Å². The van der Waals surface area contributed by atoms with E-state index in [4.69, 9.17) is 9.84 Å². The summed E-state index contributed by atoms with van der Waals surface area (Å²) in [5.41, 5.74) is -0.854. The number of carboxylic acids is 1. The number of para-hydroxylation sites is 1. The van der Waals surface area contributed by atoms with E-state index in [9.17, 15) is 14.4 Å². The lowest BCUT2D eigenvalue weighted by molar-refractivity contribution is -0.142. The van der Waals surface area contributed by atoms with Crippen LogP contribution in [0, 0.1) is 0 Å². The van der Waals surface area contributed by atoms with E-state index in [0.29, 0.717) is 16.2 Å². The van der Waals surface area contributed by atoms with Crippen LogP contribution in [0.1, 0.15) is 12.5 Å². The molecule has 1 aromatic carbocycles. The standard InChI is InChI=1S/C13H14N2O5/c1-13(8-5-3-4-6-9(8)20-2)11(18)15(7-10(16)17)12(19)14-13/h3-6H,7H2,1-2H3,(H,14,19)(H,16,17)/t13-/m1/s1. The second-order valence-electron chi connectivity index (χ2n) is 4.54. The number of benzene rings is 1. The van der Waals surface area contributed by atoms with Gasteiger partial charge in [0.15, 0.2) is 0 Å². The molecule has 1 aromatic rings. The first kappa shape index (κ1) is 13.9. The van der Waals surface area contributed by atoms with E-state index >= 15 is 0 Å². The molecule has 20 heavy (non-hydrogen) atoms. The Balaban J connectivity index is 2.43. The highest BCUT2D eigenvalue weighted by Crippen LogP contribution is 2.34. The van der Waals surface area contributed by atoms with Gasteiger partial charge in [0.1, 0.15) is 17.8 Å². The largest absolute Gasteiger partial charge is 0.496 e. The fourth-order valence-corrected chi connectivity index (χ4v) is 2.22. The fraction of sp³-hybridized carbons (Fsp3) is 0.308. The molecule has 2 N–H and O–H groups in total. The summed E-state index contributed by atoms with van der Waals surface area (Å²) in [5, 5.41) is 11.3. The summed E-state index contributed by atoms with van der Waals surface area (Å²) in [6.45, 7) is 0.850. The van der Waals surface area contributed by atoms with E-state index in [1.165, 1.54) is 14.0 Å². The molecule has 0 aliphatic carbocycles. The van der Waals surface area contributed by atoms with Gasteiger partial charge < -0.3 is 15.2 Å². The first-order chi connectivity index (χ1) is 9.40. The topological polar surface area (TPSA) is 95.9 Å². The quantitative estimate of drug-likeness (QED) is 0.784. The van der Waals surface area contributed by atoms with Gasteiger partial charge in [-0.15, -0.1) is 0 Å². The van der Waals surface area contributed by atoms with Gasteiger partial charge in [-0.3, -0.25) is 14.5 Å². The molecular formula is C13H14N2O5. The summed E-state index contributed by atoms with van der Waals surface area (Å²) in [6, 6.07) is 6.04. The molecule has 1 fully saturated rings. The van der Waals surface area contributed by atoms with E-state index in [2.05, 4.69) is 5.32 Å². The number of carboxylic acid groups (broad SMARTS) is 1. The van der Waals surface area contributed by atoms with Crippen molar-refractivity contribution in [2.45, 2.75) is 12.5 Å². The van der Waals surface area contributed by atoms with Crippen LogP contribution in [0.3, 0.4) is 0 Å². The summed E-state index contributed by atoms with van der Waals surface area (Å²) in [7, 11) is 1.46. The molecule has 1 aliphatic heterocycles. The molecule has 1 atom stereocenters. The molecule has 1 saturated heterocycles. The lowest BCUT2D eigenvalue weighted by Gasteiger charge is -2.24. The Morgan fingerprint density at radius 3 is 2.65 bits per heavy atom. The molecule has 7 nitrogen and oxygen atoms in total. The molecular weight excluding hydrogens is 264 g/mol. The van der Waals surface area contributed by atoms with Crippen molar-refractivity contribution in [1.82, 2.24) is 10.2 Å². The number of urea groups is 1. The number of carbonyl (C=O) groups excluding carboxylic acids is 2. The number of amides is 3. The van der Waals surface area contributed by atoms with Gasteiger partial charge in [0.25, 0.3) is 5.91 Å². The number of imide groups is 1. The van der Waals surface area contributed by atoms with Crippen molar-refractivity contribution in [3.05, 3.63) is 29.8 Å². The summed E-state index contributed by atoms with van der Waals surface area (Å²) < 4.78 is 5.18. The Kier molecular flexibility index (Phi) is 3.35. The maximum absolute atomic E-state index is 12.4. The van der Waals surface area contributed by atoms with E-state index < -0.39 is 30.0 Å². The third kappa shape index (κ3) is 2.07. The minimum atomic E-state index is -1.33. The van der Waals surface area contributed by atoms with Gasteiger partial charge in [-0.2, -0.15) is 0 Å². The van der Waals surface area contributed by atoms with E-state index in [1.807, 2.05) is 0 Å². The molecule has 0 spiro atoms. The molecule has 0 radical (unpaired) electrons. The van der Waals surface area contributed by atoms with Crippen LogP contribution in [0.25, 0.3) is 0 Å². The zero-order chi connectivity index (χ0) is 14.9. The van der Waals surface area contributed by atoms with Crippen molar-refractivity contribution < 1.29 is 24.2 Å². The molecule has 7 heteroatoms. The molecule has 0 saturated carbocycles. The summed E-state index contributed by atoms with van der Waals surface area (Å²) in [4.78, 5) is 35.6. The van der Waals surface area contributed by atoms with Crippen LogP contribution >= 0.6 is 0 Å². The number of carbonyl (C=O) groups is 3. The van der Waals surface area contributed by atoms with Gasteiger partial charge in [-0.1, -0.05) is 18.2 Å². The van der Waals surface area contributed by atoms with Gasteiger partial charge >= 0.3 is 12.0 Å². The Bertz CT molecular complexity index is 586. The molecule has 106 valence electrons. The molecule has 1 aliphatic rings. The number of hydrogen-bond acceptors (Lipinski definition) is 4. The number of ether oxygens (including phenoxy) is 1.